The molecular weight excluding hydrogens is 236 g/mol. The predicted molar refractivity (Wildman–Crippen MR) is 70.6 cm³/mol. The Balaban J connectivity index is 2.26. The van der Waals surface area contributed by atoms with E-state index in [4.69, 9.17) is 9.47 Å². The van der Waals surface area contributed by atoms with Crippen molar-refractivity contribution in [1.29, 1.82) is 0 Å². The normalized spacial score (nSPS) is 12.8. The lowest BCUT2D eigenvalue weighted by molar-refractivity contribution is 0.0587. The predicted octanol–water partition coefficient (Wildman–Crippen LogP) is 1.72. The van der Waals surface area contributed by atoms with E-state index < -0.39 is 0 Å². The van der Waals surface area contributed by atoms with Crippen LogP contribution >= 0.6 is 11.3 Å². The van der Waals surface area contributed by atoms with E-state index in [1.807, 2.05) is 11.6 Å². The quantitative estimate of drug-likeness (QED) is 0.649. The Labute approximate surface area is 107 Å². The molecule has 0 aliphatic heterocycles. The largest absolute Gasteiger partial charge is 0.382 e. The van der Waals surface area contributed by atoms with Crippen molar-refractivity contribution in [1.82, 2.24) is 10.3 Å². The van der Waals surface area contributed by atoms with E-state index in [1.165, 1.54) is 0 Å². The minimum absolute atomic E-state index is 0.345. The standard InChI is InChI=1S/C12H22N2O2S/c1-3-4-13-11(10-16-7-6-15-2)9-12-14-5-8-17-12/h5,8,11,13H,3-4,6-7,9-10H2,1-2H3. The molecule has 0 spiro atoms. The van der Waals surface area contributed by atoms with Crippen LogP contribution in [0.4, 0.5) is 0 Å². The summed E-state index contributed by atoms with van der Waals surface area (Å²) >= 11 is 1.70. The van der Waals surface area contributed by atoms with Crippen molar-refractivity contribution in [2.45, 2.75) is 25.8 Å². The van der Waals surface area contributed by atoms with Gasteiger partial charge in [-0.3, -0.25) is 0 Å². The van der Waals surface area contributed by atoms with Crippen molar-refractivity contribution < 1.29 is 9.47 Å². The van der Waals surface area contributed by atoms with Gasteiger partial charge in [-0.2, -0.15) is 0 Å². The number of nitrogens with zero attached hydrogens (tertiary/aromatic N) is 1. The summed E-state index contributed by atoms with van der Waals surface area (Å²) in [5.41, 5.74) is 0. The maximum absolute atomic E-state index is 5.57. The van der Waals surface area contributed by atoms with Gasteiger partial charge < -0.3 is 14.8 Å². The number of ether oxygens (including phenoxy) is 2. The van der Waals surface area contributed by atoms with Crippen LogP contribution in [-0.2, 0) is 15.9 Å². The molecule has 1 rings (SSSR count). The maximum Gasteiger partial charge on any atom is 0.0941 e. The van der Waals surface area contributed by atoms with Crippen LogP contribution in [0.3, 0.4) is 0 Å². The lowest BCUT2D eigenvalue weighted by Gasteiger charge is -2.17. The first-order valence-corrected chi connectivity index (χ1v) is 6.93. The van der Waals surface area contributed by atoms with Crippen molar-refractivity contribution in [3.63, 3.8) is 0 Å². The Kier molecular flexibility index (Phi) is 8.17. The van der Waals surface area contributed by atoms with Gasteiger partial charge in [0.2, 0.25) is 0 Å². The fourth-order valence-electron chi connectivity index (χ4n) is 1.47. The SMILES string of the molecule is CCCNC(COCCOC)Cc1nccs1. The van der Waals surface area contributed by atoms with Gasteiger partial charge in [0.25, 0.3) is 0 Å². The molecule has 5 heteroatoms. The summed E-state index contributed by atoms with van der Waals surface area (Å²) in [7, 11) is 1.69. The summed E-state index contributed by atoms with van der Waals surface area (Å²) in [5.74, 6) is 0. The fraction of sp³-hybridized carbons (Fsp3) is 0.750. The Morgan fingerprint density at radius 2 is 2.35 bits per heavy atom. The van der Waals surface area contributed by atoms with E-state index in [9.17, 15) is 0 Å². The zero-order valence-electron chi connectivity index (χ0n) is 10.6. The molecule has 0 saturated carbocycles. The molecule has 0 aromatic carbocycles. The highest BCUT2D eigenvalue weighted by atomic mass is 32.1. The Hall–Kier alpha value is -0.490. The number of hydrogen-bond acceptors (Lipinski definition) is 5. The molecular formula is C12H22N2O2S. The Bertz CT molecular complexity index is 267. The summed E-state index contributed by atoms with van der Waals surface area (Å²) < 4.78 is 10.5. The number of thiazole rings is 1. The lowest BCUT2D eigenvalue weighted by atomic mass is 10.2. The molecule has 1 heterocycles. The van der Waals surface area contributed by atoms with Crippen LogP contribution in [0, 0.1) is 0 Å². The highest BCUT2D eigenvalue weighted by Crippen LogP contribution is 2.07. The highest BCUT2D eigenvalue weighted by Gasteiger charge is 2.10. The molecule has 0 aliphatic rings. The number of methoxy groups -OCH3 is 1. The van der Waals surface area contributed by atoms with Gasteiger partial charge in [0.05, 0.1) is 24.8 Å². The molecule has 0 radical (unpaired) electrons. The first-order chi connectivity index (χ1) is 8.36. The molecule has 1 N–H and O–H groups in total. The minimum atomic E-state index is 0.345. The number of rotatable bonds is 10. The van der Waals surface area contributed by atoms with Crippen LogP contribution in [0.15, 0.2) is 11.6 Å². The summed E-state index contributed by atoms with van der Waals surface area (Å²) in [5, 5.41) is 6.66. The van der Waals surface area contributed by atoms with Crippen molar-refractivity contribution in [2.24, 2.45) is 0 Å². The second kappa shape index (κ2) is 9.53. The van der Waals surface area contributed by atoms with Gasteiger partial charge in [0, 0.05) is 31.1 Å². The third kappa shape index (κ3) is 6.73. The molecule has 0 amide bonds. The van der Waals surface area contributed by atoms with Crippen LogP contribution in [0.1, 0.15) is 18.4 Å². The average molecular weight is 258 g/mol. The number of nitrogens with one attached hydrogen (secondary N) is 1. The zero-order chi connectivity index (χ0) is 12.3. The summed E-state index contributed by atoms with van der Waals surface area (Å²) in [6.45, 7) is 5.20. The summed E-state index contributed by atoms with van der Waals surface area (Å²) in [6.07, 6.45) is 3.92. The second-order valence-corrected chi connectivity index (χ2v) is 4.83. The minimum Gasteiger partial charge on any atom is -0.382 e. The van der Waals surface area contributed by atoms with E-state index in [1.54, 1.807) is 18.4 Å². The molecule has 1 unspecified atom stereocenters. The molecule has 1 aromatic rings. The molecule has 0 fully saturated rings. The molecule has 0 saturated heterocycles. The van der Waals surface area contributed by atoms with Crippen LogP contribution in [0.25, 0.3) is 0 Å². The zero-order valence-corrected chi connectivity index (χ0v) is 11.5. The van der Waals surface area contributed by atoms with Crippen molar-refractivity contribution in [3.8, 4) is 0 Å². The third-order valence-electron chi connectivity index (χ3n) is 2.34. The summed E-state index contributed by atoms with van der Waals surface area (Å²) in [6, 6.07) is 0.345. The molecule has 98 valence electrons. The molecule has 0 bridgehead atoms. The summed E-state index contributed by atoms with van der Waals surface area (Å²) in [4.78, 5) is 4.31. The van der Waals surface area contributed by atoms with Gasteiger partial charge in [-0.05, 0) is 13.0 Å². The highest BCUT2D eigenvalue weighted by molar-refractivity contribution is 7.09. The molecule has 1 atom stereocenters. The van der Waals surface area contributed by atoms with E-state index in [2.05, 4.69) is 17.2 Å². The van der Waals surface area contributed by atoms with Gasteiger partial charge in [-0.1, -0.05) is 6.92 Å². The smallest absolute Gasteiger partial charge is 0.0941 e. The number of hydrogen-bond donors (Lipinski definition) is 1. The van der Waals surface area contributed by atoms with Crippen LogP contribution in [0.5, 0.6) is 0 Å². The van der Waals surface area contributed by atoms with E-state index in [0.29, 0.717) is 25.9 Å². The van der Waals surface area contributed by atoms with Crippen LogP contribution in [-0.4, -0.2) is 44.5 Å². The Morgan fingerprint density at radius 3 is 3.00 bits per heavy atom. The second-order valence-electron chi connectivity index (χ2n) is 3.85. The van der Waals surface area contributed by atoms with Crippen LogP contribution < -0.4 is 5.32 Å². The van der Waals surface area contributed by atoms with Gasteiger partial charge in [-0.15, -0.1) is 11.3 Å². The fourth-order valence-corrected chi connectivity index (χ4v) is 2.17. The van der Waals surface area contributed by atoms with Crippen LogP contribution in [0.2, 0.25) is 0 Å². The van der Waals surface area contributed by atoms with Gasteiger partial charge in [0.15, 0.2) is 0 Å². The first kappa shape index (κ1) is 14.6. The lowest BCUT2D eigenvalue weighted by Crippen LogP contribution is -2.36. The topological polar surface area (TPSA) is 43.4 Å². The van der Waals surface area contributed by atoms with Crippen molar-refractivity contribution >= 4 is 11.3 Å². The van der Waals surface area contributed by atoms with E-state index >= 15 is 0 Å². The molecule has 1 aromatic heterocycles. The van der Waals surface area contributed by atoms with Gasteiger partial charge in [-0.25, -0.2) is 4.98 Å². The average Bonchev–Trinajstić information content (AvgIpc) is 2.84. The molecule has 4 nitrogen and oxygen atoms in total. The third-order valence-corrected chi connectivity index (χ3v) is 3.14. The van der Waals surface area contributed by atoms with E-state index in [-0.39, 0.29) is 0 Å². The first-order valence-electron chi connectivity index (χ1n) is 6.05. The van der Waals surface area contributed by atoms with Crippen molar-refractivity contribution in [3.05, 3.63) is 16.6 Å². The van der Waals surface area contributed by atoms with Gasteiger partial charge in [0.1, 0.15) is 0 Å². The van der Waals surface area contributed by atoms with Gasteiger partial charge >= 0.3 is 0 Å². The number of aromatic nitrogens is 1. The van der Waals surface area contributed by atoms with E-state index in [0.717, 1.165) is 24.4 Å². The molecule has 17 heavy (non-hydrogen) atoms. The monoisotopic (exact) mass is 258 g/mol. The maximum atomic E-state index is 5.57. The van der Waals surface area contributed by atoms with Crippen molar-refractivity contribution in [2.75, 3.05) is 33.5 Å². The Morgan fingerprint density at radius 1 is 1.47 bits per heavy atom. The molecule has 0 aliphatic carbocycles.